The van der Waals surface area contributed by atoms with Crippen molar-refractivity contribution in [3.63, 3.8) is 0 Å². The minimum atomic E-state index is 0.235. The maximum atomic E-state index is 12.2. The van der Waals surface area contributed by atoms with E-state index in [0.29, 0.717) is 17.6 Å². The largest absolute Gasteiger partial charge is 0.300 e. The van der Waals surface area contributed by atoms with Crippen LogP contribution in [0.25, 0.3) is 5.57 Å². The number of aromatic nitrogens is 1. The molecule has 0 bridgehead atoms. The summed E-state index contributed by atoms with van der Waals surface area (Å²) in [6, 6.07) is 2.08. The fraction of sp³-hybridized carbons (Fsp3) is 0.652. The first kappa shape index (κ1) is 17.0. The van der Waals surface area contributed by atoms with Crippen molar-refractivity contribution in [2.24, 2.45) is 34.5 Å². The molecule has 0 amide bonds. The summed E-state index contributed by atoms with van der Waals surface area (Å²) in [4.78, 5) is 16.6. The fourth-order valence-electron chi connectivity index (χ4n) is 7.49. The molecule has 1 aromatic heterocycles. The van der Waals surface area contributed by atoms with Gasteiger partial charge >= 0.3 is 0 Å². The summed E-state index contributed by atoms with van der Waals surface area (Å²) in [7, 11) is 0. The molecule has 26 heavy (non-hydrogen) atoms. The highest BCUT2D eigenvalue weighted by Crippen LogP contribution is 2.67. The normalized spacial score (nSPS) is 44.3. The van der Waals surface area contributed by atoms with Gasteiger partial charge in [-0.3, -0.25) is 9.78 Å². The quantitative estimate of drug-likeness (QED) is 0.612. The Balaban J connectivity index is 1.47. The molecule has 3 fully saturated rings. The highest BCUT2D eigenvalue weighted by Gasteiger charge is 2.60. The molecule has 2 nitrogen and oxygen atoms in total. The number of carbonyl (C=O) groups excluding carboxylic acids is 1. The Bertz CT molecular complexity index is 801. The van der Waals surface area contributed by atoms with E-state index in [2.05, 4.69) is 31.0 Å². The van der Waals surface area contributed by atoms with Crippen molar-refractivity contribution in [3.05, 3.63) is 35.1 Å². The third kappa shape index (κ3) is 2.24. The summed E-state index contributed by atoms with van der Waals surface area (Å²) in [5, 5.41) is 0.724. The van der Waals surface area contributed by atoms with Gasteiger partial charge < -0.3 is 0 Å². The number of Topliss-reactive ketones (excluding diaryl/α,β-unsaturated/α-hetero) is 1. The molecular formula is C23H28ClNO. The highest BCUT2D eigenvalue weighted by molar-refractivity contribution is 6.30. The van der Waals surface area contributed by atoms with Crippen molar-refractivity contribution in [3.8, 4) is 0 Å². The SMILES string of the molecule is C[C@]12CC(=O)CC1CC[C@@H]1[C@@H]2CC[C@]2(C)C(c3cncc(Cl)c3)=CC[C@@H]12. The van der Waals surface area contributed by atoms with Crippen molar-refractivity contribution in [1.82, 2.24) is 4.98 Å². The molecular weight excluding hydrogens is 342 g/mol. The number of hydrogen-bond acceptors (Lipinski definition) is 2. The lowest BCUT2D eigenvalue weighted by molar-refractivity contribution is -0.118. The van der Waals surface area contributed by atoms with Gasteiger partial charge in [-0.15, -0.1) is 0 Å². The number of rotatable bonds is 1. The molecule has 3 saturated carbocycles. The Morgan fingerprint density at radius 1 is 1.15 bits per heavy atom. The van der Waals surface area contributed by atoms with Crippen molar-refractivity contribution >= 4 is 23.0 Å². The molecule has 138 valence electrons. The Morgan fingerprint density at radius 2 is 2.00 bits per heavy atom. The molecule has 1 unspecified atom stereocenters. The van der Waals surface area contributed by atoms with Crippen LogP contribution >= 0.6 is 11.6 Å². The van der Waals surface area contributed by atoms with E-state index in [0.717, 1.165) is 29.7 Å². The molecule has 4 aliphatic rings. The van der Waals surface area contributed by atoms with Crippen LogP contribution < -0.4 is 0 Å². The number of halogens is 1. The first-order chi connectivity index (χ1) is 12.4. The van der Waals surface area contributed by atoms with Gasteiger partial charge in [-0.25, -0.2) is 0 Å². The standard InChI is InChI=1S/C23H28ClNO/c1-22-8-7-21-18(4-3-15-10-17(26)11-23(15,21)2)20(22)6-5-19(22)14-9-16(24)13-25-12-14/h5,9,12-13,15,18,20-21H,3-4,6-8,10-11H2,1-2H3/t15?,18-,20-,21-,22+,23-/m0/s1. The fourth-order valence-corrected chi connectivity index (χ4v) is 7.67. The third-order valence-corrected chi connectivity index (χ3v) is 8.92. The van der Waals surface area contributed by atoms with Crippen LogP contribution in [0.3, 0.4) is 0 Å². The van der Waals surface area contributed by atoms with Gasteiger partial charge in [0.1, 0.15) is 5.78 Å². The second kappa shape index (κ2) is 5.67. The first-order valence-electron chi connectivity index (χ1n) is 10.2. The Kier molecular flexibility index (Phi) is 3.71. The van der Waals surface area contributed by atoms with E-state index < -0.39 is 0 Å². The second-order valence-electron chi connectivity index (χ2n) is 9.78. The van der Waals surface area contributed by atoms with E-state index in [-0.39, 0.29) is 10.8 Å². The van der Waals surface area contributed by atoms with E-state index in [1.165, 1.54) is 43.2 Å². The lowest BCUT2D eigenvalue weighted by Gasteiger charge is -2.57. The highest BCUT2D eigenvalue weighted by atomic mass is 35.5. The minimum absolute atomic E-state index is 0.235. The van der Waals surface area contributed by atoms with Gasteiger partial charge in [-0.05, 0) is 83.8 Å². The van der Waals surface area contributed by atoms with E-state index in [4.69, 9.17) is 11.6 Å². The summed E-state index contributed by atoms with van der Waals surface area (Å²) in [5.41, 5.74) is 3.17. The number of pyridine rings is 1. The number of hydrogen-bond donors (Lipinski definition) is 0. The van der Waals surface area contributed by atoms with Crippen LogP contribution in [-0.2, 0) is 4.79 Å². The van der Waals surface area contributed by atoms with Gasteiger partial charge in [-0.1, -0.05) is 31.5 Å². The van der Waals surface area contributed by atoms with Gasteiger partial charge in [0.2, 0.25) is 0 Å². The predicted molar refractivity (Wildman–Crippen MR) is 105 cm³/mol. The molecule has 0 aromatic carbocycles. The van der Waals surface area contributed by atoms with Gasteiger partial charge in [0.05, 0.1) is 5.02 Å². The van der Waals surface area contributed by atoms with Crippen LogP contribution in [0.5, 0.6) is 0 Å². The lowest BCUT2D eigenvalue weighted by Crippen LogP contribution is -2.49. The average molecular weight is 370 g/mol. The van der Waals surface area contributed by atoms with E-state index in [9.17, 15) is 4.79 Å². The monoisotopic (exact) mass is 369 g/mol. The molecule has 5 rings (SSSR count). The molecule has 0 radical (unpaired) electrons. The molecule has 0 spiro atoms. The van der Waals surface area contributed by atoms with Crippen molar-refractivity contribution in [2.45, 2.75) is 58.8 Å². The number of fused-ring (bicyclic) bond motifs is 5. The van der Waals surface area contributed by atoms with Crippen molar-refractivity contribution < 1.29 is 4.79 Å². The zero-order valence-electron chi connectivity index (χ0n) is 15.8. The molecule has 0 aliphatic heterocycles. The van der Waals surface area contributed by atoms with Gasteiger partial charge in [-0.2, -0.15) is 0 Å². The maximum Gasteiger partial charge on any atom is 0.133 e. The Hall–Kier alpha value is -1.15. The number of ketones is 1. The molecule has 1 heterocycles. The van der Waals surface area contributed by atoms with Crippen molar-refractivity contribution in [1.29, 1.82) is 0 Å². The van der Waals surface area contributed by atoms with Gasteiger partial charge in [0, 0.05) is 25.2 Å². The average Bonchev–Trinajstić information content (AvgIpc) is 3.10. The topological polar surface area (TPSA) is 30.0 Å². The second-order valence-corrected chi connectivity index (χ2v) is 10.2. The Morgan fingerprint density at radius 3 is 2.81 bits per heavy atom. The number of allylic oxidation sites excluding steroid dienone is 2. The summed E-state index contributed by atoms with van der Waals surface area (Å²) in [6.45, 7) is 4.91. The summed E-state index contributed by atoms with van der Waals surface area (Å²) in [6.07, 6.45) is 14.1. The number of nitrogens with zero attached hydrogens (tertiary/aromatic N) is 1. The molecule has 3 heteroatoms. The lowest BCUT2D eigenvalue weighted by atomic mass is 9.47. The zero-order chi connectivity index (χ0) is 18.1. The molecule has 1 aromatic rings. The summed E-state index contributed by atoms with van der Waals surface area (Å²) < 4.78 is 0. The molecule has 6 atom stereocenters. The van der Waals surface area contributed by atoms with Crippen LogP contribution in [0, 0.1) is 34.5 Å². The van der Waals surface area contributed by atoms with Crippen molar-refractivity contribution in [2.75, 3.05) is 0 Å². The molecule has 0 saturated heterocycles. The summed E-state index contributed by atoms with van der Waals surface area (Å²) in [5.74, 6) is 3.37. The maximum absolute atomic E-state index is 12.2. The van der Waals surface area contributed by atoms with Crippen LogP contribution in [0.15, 0.2) is 24.5 Å². The minimum Gasteiger partial charge on any atom is -0.300 e. The van der Waals surface area contributed by atoms with Gasteiger partial charge in [0.15, 0.2) is 0 Å². The smallest absolute Gasteiger partial charge is 0.133 e. The van der Waals surface area contributed by atoms with Crippen LogP contribution in [0.1, 0.15) is 64.4 Å². The van der Waals surface area contributed by atoms with E-state index in [1.54, 1.807) is 6.20 Å². The number of carbonyl (C=O) groups is 1. The Labute approximate surface area is 161 Å². The first-order valence-corrected chi connectivity index (χ1v) is 10.6. The third-order valence-electron chi connectivity index (χ3n) is 8.71. The van der Waals surface area contributed by atoms with E-state index in [1.807, 2.05) is 6.20 Å². The predicted octanol–water partition coefficient (Wildman–Crippen LogP) is 5.95. The van der Waals surface area contributed by atoms with Crippen LogP contribution in [0.2, 0.25) is 5.02 Å². The van der Waals surface area contributed by atoms with Crippen LogP contribution in [0.4, 0.5) is 0 Å². The van der Waals surface area contributed by atoms with Gasteiger partial charge in [0.25, 0.3) is 0 Å². The zero-order valence-corrected chi connectivity index (χ0v) is 16.6. The summed E-state index contributed by atoms with van der Waals surface area (Å²) >= 11 is 6.23. The molecule has 4 aliphatic carbocycles. The molecule has 0 N–H and O–H groups in total. The van der Waals surface area contributed by atoms with Crippen LogP contribution in [-0.4, -0.2) is 10.8 Å². The van der Waals surface area contributed by atoms with E-state index >= 15 is 0 Å².